The lowest BCUT2D eigenvalue weighted by Gasteiger charge is -2.19. The van der Waals surface area contributed by atoms with E-state index in [9.17, 15) is 4.79 Å². The van der Waals surface area contributed by atoms with Gasteiger partial charge in [0.1, 0.15) is 13.2 Å². The van der Waals surface area contributed by atoms with Crippen LogP contribution in [0.3, 0.4) is 0 Å². The van der Waals surface area contributed by atoms with Crippen LogP contribution in [0.1, 0.15) is 23.7 Å². The van der Waals surface area contributed by atoms with Crippen LogP contribution in [0.5, 0.6) is 11.5 Å². The van der Waals surface area contributed by atoms with Crippen LogP contribution < -0.4 is 14.8 Å². The Labute approximate surface area is 101 Å². The van der Waals surface area contributed by atoms with Gasteiger partial charge in [-0.05, 0) is 31.7 Å². The molecule has 1 atom stereocenters. The first-order chi connectivity index (χ1) is 8.26. The molecule has 4 heteroatoms. The topological polar surface area (TPSA) is 47.6 Å². The number of carbonyl (C=O) groups excluding carboxylic acids is 1. The standard InChI is InChI=1S/C13H17NO3/c1-3-10(14-2)13(15)9-4-5-11-12(8-9)17-7-6-16-11/h4-5,8,10,14H,3,6-7H2,1-2H3. The second-order valence-electron chi connectivity index (χ2n) is 3.97. The third-order valence-electron chi connectivity index (χ3n) is 2.90. The molecule has 0 saturated heterocycles. The van der Waals surface area contributed by atoms with Gasteiger partial charge in [0.25, 0.3) is 0 Å². The normalized spacial score (nSPS) is 15.4. The number of rotatable bonds is 4. The molecule has 0 aromatic heterocycles. The number of benzene rings is 1. The number of hydrogen-bond donors (Lipinski definition) is 1. The summed E-state index contributed by atoms with van der Waals surface area (Å²) in [6.45, 7) is 3.08. The van der Waals surface area contributed by atoms with Gasteiger partial charge in [0.2, 0.25) is 0 Å². The minimum Gasteiger partial charge on any atom is -0.486 e. The van der Waals surface area contributed by atoms with E-state index in [2.05, 4.69) is 5.32 Å². The fourth-order valence-corrected chi connectivity index (χ4v) is 1.92. The van der Waals surface area contributed by atoms with Crippen molar-refractivity contribution < 1.29 is 14.3 Å². The van der Waals surface area contributed by atoms with E-state index in [1.54, 1.807) is 25.2 Å². The highest BCUT2D eigenvalue weighted by Crippen LogP contribution is 2.31. The molecule has 4 nitrogen and oxygen atoms in total. The number of Topliss-reactive ketones (excluding diaryl/α,β-unsaturated/α-hetero) is 1. The Balaban J connectivity index is 2.24. The number of ether oxygens (including phenoxy) is 2. The maximum Gasteiger partial charge on any atom is 0.179 e. The number of carbonyl (C=O) groups is 1. The summed E-state index contributed by atoms with van der Waals surface area (Å²) in [6, 6.07) is 5.20. The van der Waals surface area contributed by atoms with E-state index >= 15 is 0 Å². The Hall–Kier alpha value is -1.55. The summed E-state index contributed by atoms with van der Waals surface area (Å²) < 4.78 is 10.9. The molecule has 1 aliphatic rings. The van der Waals surface area contributed by atoms with Gasteiger partial charge in [-0.2, -0.15) is 0 Å². The lowest BCUT2D eigenvalue weighted by molar-refractivity contribution is 0.0943. The minimum atomic E-state index is -0.141. The van der Waals surface area contributed by atoms with E-state index in [0.29, 0.717) is 30.3 Å². The molecule has 0 amide bonds. The van der Waals surface area contributed by atoms with E-state index in [-0.39, 0.29) is 11.8 Å². The molecule has 1 unspecified atom stereocenters. The molecule has 1 N–H and O–H groups in total. The van der Waals surface area contributed by atoms with Crippen molar-refractivity contribution in [1.29, 1.82) is 0 Å². The number of hydrogen-bond acceptors (Lipinski definition) is 4. The molecule has 2 rings (SSSR count). The van der Waals surface area contributed by atoms with Crippen LogP contribution in [-0.4, -0.2) is 32.1 Å². The Bertz CT molecular complexity index is 413. The first-order valence-corrected chi connectivity index (χ1v) is 5.87. The van der Waals surface area contributed by atoms with E-state index in [4.69, 9.17) is 9.47 Å². The Kier molecular flexibility index (Phi) is 3.64. The molecule has 1 aromatic rings. The number of ketones is 1. The van der Waals surface area contributed by atoms with E-state index in [1.165, 1.54) is 0 Å². The van der Waals surface area contributed by atoms with Gasteiger partial charge < -0.3 is 14.8 Å². The predicted octanol–water partition coefficient (Wildman–Crippen LogP) is 1.64. The summed E-state index contributed by atoms with van der Waals surface area (Å²) in [6.07, 6.45) is 0.768. The highest BCUT2D eigenvalue weighted by molar-refractivity contribution is 6.00. The van der Waals surface area contributed by atoms with Crippen molar-refractivity contribution in [3.63, 3.8) is 0 Å². The van der Waals surface area contributed by atoms with Crippen LogP contribution in [0.25, 0.3) is 0 Å². The third-order valence-corrected chi connectivity index (χ3v) is 2.90. The first kappa shape index (κ1) is 11.9. The van der Waals surface area contributed by atoms with E-state index in [0.717, 1.165) is 6.42 Å². The van der Waals surface area contributed by atoms with Gasteiger partial charge in [-0.25, -0.2) is 0 Å². The van der Waals surface area contributed by atoms with Crippen LogP contribution in [0.4, 0.5) is 0 Å². The molecule has 1 aliphatic heterocycles. The van der Waals surface area contributed by atoms with Gasteiger partial charge in [-0.15, -0.1) is 0 Å². The van der Waals surface area contributed by atoms with E-state index in [1.807, 2.05) is 6.92 Å². The largest absolute Gasteiger partial charge is 0.486 e. The fourth-order valence-electron chi connectivity index (χ4n) is 1.92. The van der Waals surface area contributed by atoms with Gasteiger partial charge in [0.05, 0.1) is 6.04 Å². The predicted molar refractivity (Wildman–Crippen MR) is 64.9 cm³/mol. The summed E-state index contributed by atoms with van der Waals surface area (Å²) in [5.41, 5.74) is 0.662. The van der Waals surface area contributed by atoms with Crippen LogP contribution in [0.15, 0.2) is 18.2 Å². The molecule has 17 heavy (non-hydrogen) atoms. The van der Waals surface area contributed by atoms with Crippen LogP contribution in [0, 0.1) is 0 Å². The molecule has 0 saturated carbocycles. The molecule has 92 valence electrons. The average Bonchev–Trinajstić information content (AvgIpc) is 2.39. The zero-order valence-electron chi connectivity index (χ0n) is 10.2. The maximum atomic E-state index is 12.1. The maximum absolute atomic E-state index is 12.1. The molecule has 0 fully saturated rings. The Morgan fingerprint density at radius 3 is 2.71 bits per heavy atom. The molecule has 0 aliphatic carbocycles. The number of likely N-dealkylation sites (N-methyl/N-ethyl adjacent to an activating group) is 1. The molecular formula is C13H17NO3. The van der Waals surface area contributed by atoms with Crippen molar-refractivity contribution >= 4 is 5.78 Å². The van der Waals surface area contributed by atoms with Crippen LogP contribution in [-0.2, 0) is 0 Å². The fraction of sp³-hybridized carbons (Fsp3) is 0.462. The summed E-state index contributed by atoms with van der Waals surface area (Å²) >= 11 is 0. The second-order valence-corrected chi connectivity index (χ2v) is 3.97. The molecule has 1 heterocycles. The summed E-state index contributed by atoms with van der Waals surface area (Å²) in [7, 11) is 1.80. The number of nitrogens with one attached hydrogen (secondary N) is 1. The molecule has 0 spiro atoms. The van der Waals surface area contributed by atoms with Crippen LogP contribution in [0.2, 0.25) is 0 Å². The highest BCUT2D eigenvalue weighted by atomic mass is 16.6. The van der Waals surface area contributed by atoms with Crippen molar-refractivity contribution in [2.24, 2.45) is 0 Å². The highest BCUT2D eigenvalue weighted by Gasteiger charge is 2.19. The molecule has 0 bridgehead atoms. The van der Waals surface area contributed by atoms with Crippen molar-refractivity contribution in [2.75, 3.05) is 20.3 Å². The molecule has 0 radical (unpaired) electrons. The zero-order valence-corrected chi connectivity index (χ0v) is 10.2. The SMILES string of the molecule is CCC(NC)C(=O)c1ccc2c(c1)OCCO2. The first-order valence-electron chi connectivity index (χ1n) is 5.87. The third kappa shape index (κ3) is 2.42. The van der Waals surface area contributed by atoms with Crippen molar-refractivity contribution in [3.8, 4) is 11.5 Å². The summed E-state index contributed by atoms with van der Waals surface area (Å²) in [5.74, 6) is 1.46. The summed E-state index contributed by atoms with van der Waals surface area (Å²) in [4.78, 5) is 12.1. The smallest absolute Gasteiger partial charge is 0.179 e. The van der Waals surface area contributed by atoms with Crippen LogP contribution >= 0.6 is 0 Å². The zero-order chi connectivity index (χ0) is 12.3. The van der Waals surface area contributed by atoms with Gasteiger partial charge in [0.15, 0.2) is 17.3 Å². The van der Waals surface area contributed by atoms with Gasteiger partial charge in [-0.1, -0.05) is 6.92 Å². The Morgan fingerprint density at radius 2 is 2.06 bits per heavy atom. The Morgan fingerprint density at radius 1 is 1.35 bits per heavy atom. The summed E-state index contributed by atoms with van der Waals surface area (Å²) in [5, 5.41) is 3.01. The van der Waals surface area contributed by atoms with Gasteiger partial charge in [0, 0.05) is 5.56 Å². The average molecular weight is 235 g/mol. The molecule has 1 aromatic carbocycles. The quantitative estimate of drug-likeness (QED) is 0.806. The van der Waals surface area contributed by atoms with E-state index < -0.39 is 0 Å². The lowest BCUT2D eigenvalue weighted by atomic mass is 10.0. The van der Waals surface area contributed by atoms with Crippen molar-refractivity contribution in [3.05, 3.63) is 23.8 Å². The number of fused-ring (bicyclic) bond motifs is 1. The van der Waals surface area contributed by atoms with Gasteiger partial charge >= 0.3 is 0 Å². The van der Waals surface area contributed by atoms with Crippen molar-refractivity contribution in [1.82, 2.24) is 5.32 Å². The monoisotopic (exact) mass is 235 g/mol. The minimum absolute atomic E-state index is 0.0898. The van der Waals surface area contributed by atoms with Gasteiger partial charge in [-0.3, -0.25) is 4.79 Å². The molecular weight excluding hydrogens is 218 g/mol. The lowest BCUT2D eigenvalue weighted by Crippen LogP contribution is -2.33. The van der Waals surface area contributed by atoms with Crippen molar-refractivity contribution in [2.45, 2.75) is 19.4 Å². The second kappa shape index (κ2) is 5.19.